The Balaban J connectivity index is 1.70. The van der Waals surface area contributed by atoms with Gasteiger partial charge < -0.3 is 14.8 Å². The minimum absolute atomic E-state index is 0.0277. The summed E-state index contributed by atoms with van der Waals surface area (Å²) in [6, 6.07) is 3.40. The maximum atomic E-state index is 12.0. The van der Waals surface area contributed by atoms with E-state index in [-0.39, 0.29) is 5.91 Å². The summed E-state index contributed by atoms with van der Waals surface area (Å²) >= 11 is 6.16. The van der Waals surface area contributed by atoms with Crippen molar-refractivity contribution in [3.63, 3.8) is 0 Å². The van der Waals surface area contributed by atoms with E-state index in [0.717, 1.165) is 12.8 Å². The molecule has 1 heterocycles. The van der Waals surface area contributed by atoms with Crippen LogP contribution in [0.5, 0.6) is 11.5 Å². The zero-order valence-corrected chi connectivity index (χ0v) is 11.8. The average molecular weight is 294 g/mol. The Hall–Kier alpha value is -1.68. The zero-order valence-electron chi connectivity index (χ0n) is 11.0. The van der Waals surface area contributed by atoms with E-state index in [0.29, 0.717) is 47.8 Å². The van der Waals surface area contributed by atoms with Gasteiger partial charge in [0.1, 0.15) is 13.2 Å². The van der Waals surface area contributed by atoms with Crippen molar-refractivity contribution in [2.45, 2.75) is 19.3 Å². The fourth-order valence-electron chi connectivity index (χ4n) is 2.46. The van der Waals surface area contributed by atoms with Crippen molar-refractivity contribution in [1.29, 1.82) is 0 Å². The largest absolute Gasteiger partial charge is 0.486 e. The Bertz CT molecular complexity index is 556. The molecule has 1 amide bonds. The molecule has 2 aliphatic rings. The Morgan fingerprint density at radius 1 is 1.30 bits per heavy atom. The topological polar surface area (TPSA) is 47.6 Å². The van der Waals surface area contributed by atoms with Crippen molar-refractivity contribution in [1.82, 2.24) is 0 Å². The number of halogens is 1. The molecule has 0 saturated heterocycles. The number of hydrogen-bond acceptors (Lipinski definition) is 3. The Labute approximate surface area is 122 Å². The predicted octanol–water partition coefficient (Wildman–Crippen LogP) is 3.41. The lowest BCUT2D eigenvalue weighted by atomic mass is 10.1. The van der Waals surface area contributed by atoms with Crippen LogP contribution in [0.4, 0.5) is 5.69 Å². The van der Waals surface area contributed by atoms with Gasteiger partial charge in [-0.15, -0.1) is 0 Å². The molecule has 0 radical (unpaired) electrons. The van der Waals surface area contributed by atoms with Crippen LogP contribution in [0.15, 0.2) is 24.3 Å². The second-order valence-electron chi connectivity index (χ2n) is 4.99. The monoisotopic (exact) mass is 293 g/mol. The second kappa shape index (κ2) is 5.75. The van der Waals surface area contributed by atoms with Crippen LogP contribution in [-0.2, 0) is 4.79 Å². The Morgan fingerprint density at radius 3 is 2.75 bits per heavy atom. The van der Waals surface area contributed by atoms with E-state index in [1.54, 1.807) is 12.1 Å². The summed E-state index contributed by atoms with van der Waals surface area (Å²) in [5.74, 6) is 1.56. The van der Waals surface area contributed by atoms with Gasteiger partial charge in [0, 0.05) is 18.6 Å². The smallest absolute Gasteiger partial charge is 0.225 e. The number of ether oxygens (including phenoxy) is 2. The summed E-state index contributed by atoms with van der Waals surface area (Å²) in [5.41, 5.74) is 0.572. The van der Waals surface area contributed by atoms with E-state index < -0.39 is 0 Å². The second-order valence-corrected chi connectivity index (χ2v) is 5.40. The molecule has 1 aromatic carbocycles. The summed E-state index contributed by atoms with van der Waals surface area (Å²) in [6.07, 6.45) is 6.81. The number of nitrogens with one attached hydrogen (secondary N) is 1. The van der Waals surface area contributed by atoms with Crippen molar-refractivity contribution in [3.8, 4) is 11.5 Å². The van der Waals surface area contributed by atoms with Gasteiger partial charge in [0.25, 0.3) is 0 Å². The number of hydrogen-bond donors (Lipinski definition) is 1. The lowest BCUT2D eigenvalue weighted by Crippen LogP contribution is -2.17. The maximum absolute atomic E-state index is 12.0. The van der Waals surface area contributed by atoms with E-state index >= 15 is 0 Å². The van der Waals surface area contributed by atoms with Crippen LogP contribution in [0, 0.1) is 5.92 Å². The molecule has 1 N–H and O–H groups in total. The third-order valence-corrected chi connectivity index (χ3v) is 3.78. The van der Waals surface area contributed by atoms with E-state index in [1.165, 1.54) is 0 Å². The van der Waals surface area contributed by atoms with Gasteiger partial charge in [0.15, 0.2) is 11.5 Å². The number of anilines is 1. The van der Waals surface area contributed by atoms with Gasteiger partial charge >= 0.3 is 0 Å². The summed E-state index contributed by atoms with van der Waals surface area (Å²) in [7, 11) is 0. The van der Waals surface area contributed by atoms with Gasteiger partial charge in [0.2, 0.25) is 5.91 Å². The van der Waals surface area contributed by atoms with E-state index in [4.69, 9.17) is 21.1 Å². The summed E-state index contributed by atoms with van der Waals surface area (Å²) < 4.78 is 10.9. The van der Waals surface area contributed by atoms with Crippen molar-refractivity contribution in [2.75, 3.05) is 18.5 Å². The van der Waals surface area contributed by atoms with E-state index in [1.807, 2.05) is 0 Å². The number of amides is 1. The van der Waals surface area contributed by atoms with Crippen LogP contribution in [0.2, 0.25) is 5.02 Å². The highest BCUT2D eigenvalue weighted by molar-refractivity contribution is 6.34. The first-order valence-corrected chi connectivity index (χ1v) is 7.16. The van der Waals surface area contributed by atoms with Gasteiger partial charge in [-0.25, -0.2) is 0 Å². The number of rotatable bonds is 3. The quantitative estimate of drug-likeness (QED) is 0.869. The molecule has 0 bridgehead atoms. The molecule has 3 rings (SSSR count). The lowest BCUT2D eigenvalue weighted by Gasteiger charge is -2.20. The molecule has 1 aromatic rings. The molecule has 5 heteroatoms. The lowest BCUT2D eigenvalue weighted by molar-refractivity contribution is -0.116. The normalized spacial score (nSPS) is 19.9. The number of fused-ring (bicyclic) bond motifs is 1. The number of carbonyl (C=O) groups excluding carboxylic acids is 1. The van der Waals surface area contributed by atoms with Crippen LogP contribution < -0.4 is 14.8 Å². The number of allylic oxidation sites excluding steroid dienone is 2. The molecule has 0 fully saturated rings. The molecule has 0 aromatic heterocycles. The Kier molecular flexibility index (Phi) is 3.83. The highest BCUT2D eigenvalue weighted by Crippen LogP contribution is 2.38. The fraction of sp³-hybridized carbons (Fsp3) is 0.400. The van der Waals surface area contributed by atoms with Crippen LogP contribution in [0.3, 0.4) is 0 Å². The van der Waals surface area contributed by atoms with Crippen LogP contribution >= 0.6 is 11.6 Å². The molecule has 1 aliphatic heterocycles. The predicted molar refractivity (Wildman–Crippen MR) is 77.6 cm³/mol. The first-order valence-electron chi connectivity index (χ1n) is 6.78. The highest BCUT2D eigenvalue weighted by Gasteiger charge is 2.18. The van der Waals surface area contributed by atoms with E-state index in [9.17, 15) is 4.79 Å². The van der Waals surface area contributed by atoms with Gasteiger partial charge in [-0.3, -0.25) is 4.79 Å². The molecule has 20 heavy (non-hydrogen) atoms. The third-order valence-electron chi connectivity index (χ3n) is 3.47. The summed E-state index contributed by atoms with van der Waals surface area (Å²) in [4.78, 5) is 12.0. The van der Waals surface area contributed by atoms with Crippen LogP contribution in [-0.4, -0.2) is 19.1 Å². The molecule has 0 unspecified atom stereocenters. The van der Waals surface area contributed by atoms with Gasteiger partial charge in [0.05, 0.1) is 10.7 Å². The first kappa shape index (κ1) is 13.3. The standard InChI is InChI=1S/C15H16ClNO3/c16-11-8-13-14(20-6-5-19-13)9-12(11)17-15(18)7-10-3-1-2-4-10/h1,3,8-10H,2,4-7H2,(H,17,18)/t10-/m0/s1. The van der Waals surface area contributed by atoms with Gasteiger partial charge in [-0.1, -0.05) is 23.8 Å². The third kappa shape index (κ3) is 2.90. The molecule has 0 spiro atoms. The fourth-order valence-corrected chi connectivity index (χ4v) is 2.67. The number of benzene rings is 1. The molecule has 0 saturated carbocycles. The minimum Gasteiger partial charge on any atom is -0.486 e. The molecule has 4 nitrogen and oxygen atoms in total. The van der Waals surface area contributed by atoms with Crippen molar-refractivity contribution in [2.24, 2.45) is 5.92 Å². The molecular weight excluding hydrogens is 278 g/mol. The summed E-state index contributed by atoms with van der Waals surface area (Å²) in [6.45, 7) is 1.03. The van der Waals surface area contributed by atoms with Crippen LogP contribution in [0.25, 0.3) is 0 Å². The minimum atomic E-state index is -0.0277. The van der Waals surface area contributed by atoms with Crippen molar-refractivity contribution >= 4 is 23.2 Å². The summed E-state index contributed by atoms with van der Waals surface area (Å²) in [5, 5.41) is 3.31. The molecule has 1 aliphatic carbocycles. The molecular formula is C15H16ClNO3. The molecule has 106 valence electrons. The highest BCUT2D eigenvalue weighted by atomic mass is 35.5. The Morgan fingerprint density at radius 2 is 2.05 bits per heavy atom. The average Bonchev–Trinajstić information content (AvgIpc) is 2.92. The SMILES string of the molecule is O=C(C[C@H]1C=CCC1)Nc1cc2c(cc1Cl)OCCO2. The van der Waals surface area contributed by atoms with Crippen molar-refractivity contribution < 1.29 is 14.3 Å². The first-order chi connectivity index (χ1) is 9.72. The van der Waals surface area contributed by atoms with Crippen LogP contribution in [0.1, 0.15) is 19.3 Å². The van der Waals surface area contributed by atoms with E-state index in [2.05, 4.69) is 17.5 Å². The van der Waals surface area contributed by atoms with Gasteiger partial charge in [-0.05, 0) is 18.8 Å². The zero-order chi connectivity index (χ0) is 13.9. The maximum Gasteiger partial charge on any atom is 0.225 e. The van der Waals surface area contributed by atoms with Crippen molar-refractivity contribution in [3.05, 3.63) is 29.3 Å². The van der Waals surface area contributed by atoms with Gasteiger partial charge in [-0.2, -0.15) is 0 Å². The molecule has 1 atom stereocenters. The number of carbonyl (C=O) groups is 1.